The summed E-state index contributed by atoms with van der Waals surface area (Å²) in [6.45, 7) is 1.50. The normalized spacial score (nSPS) is 10.2. The Hall–Kier alpha value is -1.39. The minimum Gasteiger partial charge on any atom is -0.356 e. The number of carbonyl (C=O) groups excluding carboxylic acids is 2. The summed E-state index contributed by atoms with van der Waals surface area (Å²) in [5.41, 5.74) is 0.590. The van der Waals surface area contributed by atoms with Gasteiger partial charge < -0.3 is 10.6 Å². The van der Waals surface area contributed by atoms with Gasteiger partial charge in [0.1, 0.15) is 0 Å². The quantitative estimate of drug-likeness (QED) is 0.567. The van der Waals surface area contributed by atoms with Crippen molar-refractivity contribution in [1.82, 2.24) is 10.6 Å². The van der Waals surface area contributed by atoms with Crippen LogP contribution in [0.4, 0.5) is 0 Å². The number of rotatable bonds is 8. The molecule has 0 spiro atoms. The third-order valence-electron chi connectivity index (χ3n) is 2.67. The Labute approximate surface area is 118 Å². The van der Waals surface area contributed by atoms with Gasteiger partial charge in [0.05, 0.1) is 0 Å². The molecule has 2 N–H and O–H groups in total. The summed E-state index contributed by atoms with van der Waals surface area (Å²) in [7, 11) is 1.87. The van der Waals surface area contributed by atoms with E-state index in [0.717, 1.165) is 13.0 Å². The highest BCUT2D eigenvalue weighted by molar-refractivity contribution is 6.30. The fourth-order valence-corrected chi connectivity index (χ4v) is 1.71. The van der Waals surface area contributed by atoms with Crippen LogP contribution >= 0.6 is 11.6 Å². The molecule has 1 rings (SSSR count). The fraction of sp³-hybridized carbons (Fsp3) is 0.429. The molecule has 19 heavy (non-hydrogen) atoms. The van der Waals surface area contributed by atoms with Crippen molar-refractivity contribution in [3.63, 3.8) is 0 Å². The first-order valence-corrected chi connectivity index (χ1v) is 6.71. The molecule has 0 saturated carbocycles. The predicted molar refractivity (Wildman–Crippen MR) is 76.6 cm³/mol. The first kappa shape index (κ1) is 15.7. The number of halogens is 1. The predicted octanol–water partition coefficient (Wildman–Crippen LogP) is 2.03. The average molecular weight is 283 g/mol. The Balaban J connectivity index is 2.26. The lowest BCUT2D eigenvalue weighted by Crippen LogP contribution is -2.26. The largest absolute Gasteiger partial charge is 0.356 e. The maximum absolute atomic E-state index is 11.8. The molecule has 0 aromatic heterocycles. The van der Waals surface area contributed by atoms with Gasteiger partial charge in [0, 0.05) is 30.0 Å². The van der Waals surface area contributed by atoms with E-state index in [1.54, 1.807) is 24.3 Å². The lowest BCUT2D eigenvalue weighted by molar-refractivity contribution is -0.121. The molecular weight excluding hydrogens is 264 g/mol. The van der Waals surface area contributed by atoms with Gasteiger partial charge in [0.2, 0.25) is 5.91 Å². The van der Waals surface area contributed by atoms with Crippen LogP contribution in [0.25, 0.3) is 0 Å². The van der Waals surface area contributed by atoms with Crippen molar-refractivity contribution < 1.29 is 9.59 Å². The molecule has 4 nitrogen and oxygen atoms in total. The smallest absolute Gasteiger partial charge is 0.220 e. The van der Waals surface area contributed by atoms with E-state index in [9.17, 15) is 9.59 Å². The third-order valence-corrected chi connectivity index (χ3v) is 2.92. The van der Waals surface area contributed by atoms with E-state index in [4.69, 9.17) is 11.6 Å². The van der Waals surface area contributed by atoms with Crippen LogP contribution in [-0.2, 0) is 4.79 Å². The molecule has 0 fully saturated rings. The van der Waals surface area contributed by atoms with Gasteiger partial charge in [-0.3, -0.25) is 9.59 Å². The van der Waals surface area contributed by atoms with Gasteiger partial charge in [-0.2, -0.15) is 0 Å². The summed E-state index contributed by atoms with van der Waals surface area (Å²) < 4.78 is 0. The minimum absolute atomic E-state index is 0.0398. The second-order valence-electron chi connectivity index (χ2n) is 4.24. The van der Waals surface area contributed by atoms with E-state index in [1.165, 1.54) is 0 Å². The maximum Gasteiger partial charge on any atom is 0.220 e. The third kappa shape index (κ3) is 6.36. The molecule has 1 aromatic carbocycles. The van der Waals surface area contributed by atoms with Crippen LogP contribution < -0.4 is 10.6 Å². The van der Waals surface area contributed by atoms with Crippen LogP contribution in [0.5, 0.6) is 0 Å². The molecule has 0 aliphatic rings. The number of hydrogen-bond acceptors (Lipinski definition) is 3. The van der Waals surface area contributed by atoms with E-state index < -0.39 is 0 Å². The molecule has 0 unspecified atom stereocenters. The van der Waals surface area contributed by atoms with Gasteiger partial charge in [0.25, 0.3) is 0 Å². The first-order chi connectivity index (χ1) is 9.13. The van der Waals surface area contributed by atoms with Gasteiger partial charge in [-0.15, -0.1) is 0 Å². The van der Waals surface area contributed by atoms with Crippen molar-refractivity contribution in [1.29, 1.82) is 0 Å². The molecule has 0 bridgehead atoms. The molecule has 0 aliphatic heterocycles. The number of benzene rings is 1. The molecular formula is C14H19ClN2O2. The molecule has 0 aliphatic carbocycles. The van der Waals surface area contributed by atoms with Crippen molar-refractivity contribution in [3.8, 4) is 0 Å². The summed E-state index contributed by atoms with van der Waals surface area (Å²) in [4.78, 5) is 23.3. The molecule has 0 atom stereocenters. The van der Waals surface area contributed by atoms with E-state index >= 15 is 0 Å². The highest BCUT2D eigenvalue weighted by atomic mass is 35.5. The van der Waals surface area contributed by atoms with Crippen molar-refractivity contribution in [2.24, 2.45) is 0 Å². The number of hydrogen-bond donors (Lipinski definition) is 2. The molecule has 104 valence electrons. The van der Waals surface area contributed by atoms with E-state index in [0.29, 0.717) is 17.1 Å². The van der Waals surface area contributed by atoms with Gasteiger partial charge in [-0.1, -0.05) is 11.6 Å². The van der Waals surface area contributed by atoms with Crippen molar-refractivity contribution >= 4 is 23.3 Å². The van der Waals surface area contributed by atoms with Crippen LogP contribution in [0.3, 0.4) is 0 Å². The molecule has 0 heterocycles. The van der Waals surface area contributed by atoms with Crippen molar-refractivity contribution in [2.45, 2.75) is 19.3 Å². The summed E-state index contributed by atoms with van der Waals surface area (Å²) >= 11 is 5.75. The second kappa shape index (κ2) is 8.67. The zero-order valence-electron chi connectivity index (χ0n) is 11.0. The first-order valence-electron chi connectivity index (χ1n) is 6.33. The number of Topliss-reactive ketones (excluding diaryl/α,β-unsaturated/α-hetero) is 1. The van der Waals surface area contributed by atoms with Gasteiger partial charge in [0.15, 0.2) is 5.78 Å². The Morgan fingerprint density at radius 2 is 1.79 bits per heavy atom. The maximum atomic E-state index is 11.8. The Kier molecular flexibility index (Phi) is 7.15. The SMILES string of the molecule is CNCCCNC(=O)CCC(=O)c1ccc(Cl)cc1. The number of amides is 1. The van der Waals surface area contributed by atoms with E-state index in [1.807, 2.05) is 7.05 Å². The summed E-state index contributed by atoms with van der Waals surface area (Å²) in [6, 6.07) is 6.70. The zero-order valence-corrected chi connectivity index (χ0v) is 11.8. The topological polar surface area (TPSA) is 58.2 Å². The Bertz CT molecular complexity index is 418. The standard InChI is InChI=1S/C14H19ClN2O2/c1-16-9-2-10-17-14(19)8-7-13(18)11-3-5-12(15)6-4-11/h3-6,16H,2,7-10H2,1H3,(H,17,19). The molecule has 0 saturated heterocycles. The lowest BCUT2D eigenvalue weighted by atomic mass is 10.1. The Morgan fingerprint density at radius 1 is 1.11 bits per heavy atom. The minimum atomic E-state index is -0.0848. The average Bonchev–Trinajstić information content (AvgIpc) is 2.42. The number of carbonyl (C=O) groups is 2. The van der Waals surface area contributed by atoms with E-state index in [-0.39, 0.29) is 24.5 Å². The van der Waals surface area contributed by atoms with Crippen LogP contribution in [-0.4, -0.2) is 31.8 Å². The Morgan fingerprint density at radius 3 is 2.42 bits per heavy atom. The number of ketones is 1. The van der Waals surface area contributed by atoms with Crippen LogP contribution in [0.1, 0.15) is 29.6 Å². The van der Waals surface area contributed by atoms with E-state index in [2.05, 4.69) is 10.6 Å². The monoisotopic (exact) mass is 282 g/mol. The number of nitrogens with one attached hydrogen (secondary N) is 2. The van der Waals surface area contributed by atoms with Gasteiger partial charge in [-0.25, -0.2) is 0 Å². The van der Waals surface area contributed by atoms with Crippen molar-refractivity contribution in [3.05, 3.63) is 34.9 Å². The fourth-order valence-electron chi connectivity index (χ4n) is 1.59. The molecule has 1 aromatic rings. The zero-order chi connectivity index (χ0) is 14.1. The van der Waals surface area contributed by atoms with Crippen molar-refractivity contribution in [2.75, 3.05) is 20.1 Å². The molecule has 5 heteroatoms. The highest BCUT2D eigenvalue weighted by Crippen LogP contribution is 2.11. The highest BCUT2D eigenvalue weighted by Gasteiger charge is 2.08. The lowest BCUT2D eigenvalue weighted by Gasteiger charge is -2.05. The van der Waals surface area contributed by atoms with Crippen LogP contribution in [0.15, 0.2) is 24.3 Å². The van der Waals surface area contributed by atoms with Gasteiger partial charge in [-0.05, 0) is 44.3 Å². The summed E-state index contributed by atoms with van der Waals surface area (Å²) in [6.07, 6.45) is 1.33. The van der Waals surface area contributed by atoms with Gasteiger partial charge >= 0.3 is 0 Å². The van der Waals surface area contributed by atoms with Crippen LogP contribution in [0, 0.1) is 0 Å². The second-order valence-corrected chi connectivity index (χ2v) is 4.67. The molecule has 0 radical (unpaired) electrons. The molecule has 1 amide bonds. The summed E-state index contributed by atoms with van der Waals surface area (Å²) in [5.74, 6) is -0.125. The summed E-state index contributed by atoms with van der Waals surface area (Å²) in [5, 5.41) is 6.38. The van der Waals surface area contributed by atoms with Crippen LogP contribution in [0.2, 0.25) is 5.02 Å².